The molecule has 3 N–H and O–H groups in total. The first-order valence-corrected chi connectivity index (χ1v) is 5.04. The van der Waals surface area contributed by atoms with E-state index in [1.807, 2.05) is 5.32 Å². The van der Waals surface area contributed by atoms with Crippen molar-refractivity contribution in [3.8, 4) is 0 Å². The predicted octanol–water partition coefficient (Wildman–Crippen LogP) is 0.948. The third-order valence-electron chi connectivity index (χ3n) is 2.64. The second-order valence-electron chi connectivity index (χ2n) is 3.82. The van der Waals surface area contributed by atoms with E-state index in [1.165, 1.54) is 0 Å². The lowest BCUT2D eigenvalue weighted by atomic mass is 9.98. The monoisotopic (exact) mass is 236 g/mol. The number of carbonyl (C=O) groups excluding carboxylic acids is 1. The van der Waals surface area contributed by atoms with Gasteiger partial charge in [0, 0.05) is 0 Å². The third-order valence-corrected chi connectivity index (χ3v) is 2.64. The lowest BCUT2D eigenvalue weighted by molar-refractivity contribution is -0.144. The smallest absolute Gasteiger partial charge is 0.329 e. The number of halogens is 2. The zero-order valence-electron chi connectivity index (χ0n) is 8.63. The quantitative estimate of drug-likeness (QED) is 0.680. The van der Waals surface area contributed by atoms with Crippen LogP contribution < -0.4 is 10.6 Å². The molecule has 0 aromatic rings. The number of carboxylic acids is 1. The fraction of sp³-hybridized carbons (Fsp3) is 0.778. The number of hydrogen-bond acceptors (Lipinski definition) is 2. The first-order chi connectivity index (χ1) is 7.46. The summed E-state index contributed by atoms with van der Waals surface area (Å²) in [4.78, 5) is 22.2. The minimum atomic E-state index is -2.64. The Morgan fingerprint density at radius 1 is 1.31 bits per heavy atom. The summed E-state index contributed by atoms with van der Waals surface area (Å²) in [6.45, 7) is -0.776. The first kappa shape index (κ1) is 12.7. The van der Waals surface area contributed by atoms with Crippen molar-refractivity contribution in [3.05, 3.63) is 0 Å². The number of amides is 2. The van der Waals surface area contributed by atoms with Crippen LogP contribution in [0.5, 0.6) is 0 Å². The Balaban J connectivity index is 2.49. The summed E-state index contributed by atoms with van der Waals surface area (Å²) in [7, 11) is 0. The molecule has 16 heavy (non-hydrogen) atoms. The number of alkyl halides is 2. The van der Waals surface area contributed by atoms with Gasteiger partial charge in [0.25, 0.3) is 6.43 Å². The van der Waals surface area contributed by atoms with E-state index in [2.05, 4.69) is 5.32 Å². The van der Waals surface area contributed by atoms with Gasteiger partial charge in [-0.25, -0.2) is 18.4 Å². The molecule has 0 aromatic heterocycles. The number of aliphatic carboxylic acids is 1. The lowest BCUT2D eigenvalue weighted by Crippen LogP contribution is -2.55. The van der Waals surface area contributed by atoms with Crippen molar-refractivity contribution in [3.63, 3.8) is 0 Å². The Labute approximate surface area is 91.2 Å². The lowest BCUT2D eigenvalue weighted by Gasteiger charge is -2.25. The Hall–Kier alpha value is -1.40. The molecule has 0 spiro atoms. The van der Waals surface area contributed by atoms with Crippen molar-refractivity contribution in [2.75, 3.05) is 6.54 Å². The molecule has 0 heterocycles. The molecular weight excluding hydrogens is 222 g/mol. The second-order valence-corrected chi connectivity index (χ2v) is 3.82. The highest BCUT2D eigenvalue weighted by molar-refractivity contribution is 5.86. The van der Waals surface area contributed by atoms with E-state index < -0.39 is 30.5 Å². The molecule has 7 heteroatoms. The van der Waals surface area contributed by atoms with Gasteiger partial charge < -0.3 is 15.7 Å². The molecule has 0 aliphatic heterocycles. The van der Waals surface area contributed by atoms with Gasteiger partial charge in [0.15, 0.2) is 0 Å². The van der Waals surface area contributed by atoms with Crippen LogP contribution in [0, 0.1) is 0 Å². The van der Waals surface area contributed by atoms with Crippen molar-refractivity contribution < 1.29 is 23.5 Å². The molecule has 92 valence electrons. The second kappa shape index (κ2) is 5.09. The summed E-state index contributed by atoms with van der Waals surface area (Å²) in [5.74, 6) is -1.11. The number of urea groups is 1. The standard InChI is InChI=1S/C9H14F2N2O3/c10-6(11)5-12-8(16)13-9(7(14)15)3-1-2-4-9/h6H,1-5H2,(H,14,15)(H2,12,13,16). The maximum absolute atomic E-state index is 11.8. The molecule has 0 aromatic carbocycles. The summed E-state index contributed by atoms with van der Waals surface area (Å²) in [6.07, 6.45) is -0.548. The molecule has 0 saturated heterocycles. The molecule has 2 amide bonds. The molecule has 1 rings (SSSR count). The maximum atomic E-state index is 11.8. The largest absolute Gasteiger partial charge is 0.480 e. The van der Waals surface area contributed by atoms with Crippen molar-refractivity contribution in [2.24, 2.45) is 0 Å². The van der Waals surface area contributed by atoms with Crippen LogP contribution in [0.1, 0.15) is 25.7 Å². The molecule has 0 radical (unpaired) electrons. The molecule has 1 aliphatic rings. The zero-order chi connectivity index (χ0) is 12.2. The number of nitrogens with one attached hydrogen (secondary N) is 2. The van der Waals surface area contributed by atoms with Crippen LogP contribution in [0.25, 0.3) is 0 Å². The Bertz CT molecular complexity index is 278. The zero-order valence-corrected chi connectivity index (χ0v) is 8.63. The summed E-state index contributed by atoms with van der Waals surface area (Å²) in [6, 6.07) is -0.857. The summed E-state index contributed by atoms with van der Waals surface area (Å²) < 4.78 is 23.6. The van der Waals surface area contributed by atoms with E-state index in [9.17, 15) is 18.4 Å². The van der Waals surface area contributed by atoms with Crippen molar-refractivity contribution in [1.29, 1.82) is 0 Å². The van der Waals surface area contributed by atoms with Crippen LogP contribution in [0.2, 0.25) is 0 Å². The highest BCUT2D eigenvalue weighted by Gasteiger charge is 2.42. The number of carbonyl (C=O) groups is 2. The van der Waals surface area contributed by atoms with E-state index in [-0.39, 0.29) is 0 Å². The van der Waals surface area contributed by atoms with Gasteiger partial charge in [0.05, 0.1) is 6.54 Å². The van der Waals surface area contributed by atoms with E-state index in [4.69, 9.17) is 5.11 Å². The van der Waals surface area contributed by atoms with Gasteiger partial charge in [0.2, 0.25) is 0 Å². The van der Waals surface area contributed by atoms with E-state index in [0.29, 0.717) is 25.7 Å². The van der Waals surface area contributed by atoms with Crippen LogP contribution >= 0.6 is 0 Å². The highest BCUT2D eigenvalue weighted by Crippen LogP contribution is 2.29. The van der Waals surface area contributed by atoms with Gasteiger partial charge in [-0.1, -0.05) is 12.8 Å². The molecule has 0 bridgehead atoms. The molecule has 1 aliphatic carbocycles. The van der Waals surface area contributed by atoms with Gasteiger partial charge in [0.1, 0.15) is 5.54 Å². The van der Waals surface area contributed by atoms with Gasteiger partial charge >= 0.3 is 12.0 Å². The van der Waals surface area contributed by atoms with E-state index in [1.54, 1.807) is 0 Å². The Kier molecular flexibility index (Phi) is 4.03. The number of rotatable bonds is 4. The average Bonchev–Trinajstić information content (AvgIpc) is 2.64. The molecular formula is C9H14F2N2O3. The fourth-order valence-electron chi connectivity index (χ4n) is 1.80. The van der Waals surface area contributed by atoms with Crippen molar-refractivity contribution >= 4 is 12.0 Å². The van der Waals surface area contributed by atoms with Crippen molar-refractivity contribution in [1.82, 2.24) is 10.6 Å². The maximum Gasteiger partial charge on any atom is 0.329 e. The topological polar surface area (TPSA) is 78.4 Å². The minimum absolute atomic E-state index is 0.338. The van der Waals surface area contributed by atoms with Gasteiger partial charge in [-0.05, 0) is 12.8 Å². The normalized spacial score (nSPS) is 18.4. The fourth-order valence-corrected chi connectivity index (χ4v) is 1.80. The van der Waals surface area contributed by atoms with Crippen LogP contribution in [0.15, 0.2) is 0 Å². The number of hydrogen-bond donors (Lipinski definition) is 3. The van der Waals surface area contributed by atoms with Crippen LogP contribution in [0.4, 0.5) is 13.6 Å². The molecule has 0 unspecified atom stereocenters. The molecule has 1 saturated carbocycles. The van der Waals surface area contributed by atoms with Crippen LogP contribution in [-0.4, -0.2) is 35.6 Å². The summed E-state index contributed by atoms with van der Waals surface area (Å²) in [5.41, 5.74) is -1.29. The first-order valence-electron chi connectivity index (χ1n) is 5.04. The summed E-state index contributed by atoms with van der Waals surface area (Å²) in [5, 5.41) is 13.2. The Morgan fingerprint density at radius 3 is 2.31 bits per heavy atom. The SMILES string of the molecule is O=C(NCC(F)F)NC1(C(=O)O)CCCC1. The molecule has 5 nitrogen and oxygen atoms in total. The van der Waals surface area contributed by atoms with E-state index in [0.717, 1.165) is 0 Å². The van der Waals surface area contributed by atoms with Crippen LogP contribution in [-0.2, 0) is 4.79 Å². The highest BCUT2D eigenvalue weighted by atomic mass is 19.3. The molecule has 0 atom stereocenters. The van der Waals surface area contributed by atoms with Gasteiger partial charge in [-0.15, -0.1) is 0 Å². The predicted molar refractivity (Wildman–Crippen MR) is 51.4 cm³/mol. The van der Waals surface area contributed by atoms with Crippen LogP contribution in [0.3, 0.4) is 0 Å². The minimum Gasteiger partial charge on any atom is -0.480 e. The number of carboxylic acid groups (broad SMARTS) is 1. The third kappa shape index (κ3) is 3.04. The molecule has 1 fully saturated rings. The Morgan fingerprint density at radius 2 is 1.88 bits per heavy atom. The van der Waals surface area contributed by atoms with E-state index >= 15 is 0 Å². The van der Waals surface area contributed by atoms with Gasteiger partial charge in [-0.3, -0.25) is 0 Å². The average molecular weight is 236 g/mol. The summed E-state index contributed by atoms with van der Waals surface area (Å²) >= 11 is 0. The van der Waals surface area contributed by atoms with Gasteiger partial charge in [-0.2, -0.15) is 0 Å². The van der Waals surface area contributed by atoms with Crippen molar-refractivity contribution in [2.45, 2.75) is 37.6 Å².